The van der Waals surface area contributed by atoms with E-state index >= 15 is 0 Å². The monoisotopic (exact) mass is 155 g/mol. The van der Waals surface area contributed by atoms with Crippen molar-refractivity contribution >= 4 is 0 Å². The SMILES string of the molecule is CNCC(OC)c1ccco1. The summed E-state index contributed by atoms with van der Waals surface area (Å²) in [6, 6.07) is 3.77. The normalized spacial score (nSPS) is 13.3. The topological polar surface area (TPSA) is 34.4 Å². The van der Waals surface area contributed by atoms with Crippen molar-refractivity contribution in [2.75, 3.05) is 20.7 Å². The largest absolute Gasteiger partial charge is 0.467 e. The second-order valence-corrected chi connectivity index (χ2v) is 2.30. The summed E-state index contributed by atoms with van der Waals surface area (Å²) in [5.41, 5.74) is 0. The molecule has 0 aliphatic carbocycles. The molecule has 3 nitrogen and oxygen atoms in total. The van der Waals surface area contributed by atoms with Crippen molar-refractivity contribution < 1.29 is 9.15 Å². The van der Waals surface area contributed by atoms with Gasteiger partial charge in [0.05, 0.1) is 6.26 Å². The van der Waals surface area contributed by atoms with Gasteiger partial charge in [0.15, 0.2) is 0 Å². The average molecular weight is 155 g/mol. The molecule has 11 heavy (non-hydrogen) atoms. The highest BCUT2D eigenvalue weighted by Gasteiger charge is 2.10. The van der Waals surface area contributed by atoms with Crippen LogP contribution in [0, 0.1) is 0 Å². The van der Waals surface area contributed by atoms with Crippen molar-refractivity contribution in [3.8, 4) is 0 Å². The van der Waals surface area contributed by atoms with Crippen LogP contribution < -0.4 is 5.32 Å². The first kappa shape index (κ1) is 8.30. The predicted octanol–water partition coefficient (Wildman–Crippen LogP) is 1.19. The van der Waals surface area contributed by atoms with E-state index in [9.17, 15) is 0 Å². The van der Waals surface area contributed by atoms with E-state index in [1.54, 1.807) is 13.4 Å². The number of ether oxygens (including phenoxy) is 1. The Hall–Kier alpha value is -0.800. The average Bonchev–Trinajstić information content (AvgIpc) is 2.52. The molecule has 1 rings (SSSR count). The Morgan fingerprint density at radius 1 is 1.73 bits per heavy atom. The van der Waals surface area contributed by atoms with Crippen molar-refractivity contribution in [1.29, 1.82) is 0 Å². The number of nitrogens with one attached hydrogen (secondary N) is 1. The Kier molecular flexibility index (Phi) is 3.14. The van der Waals surface area contributed by atoms with E-state index in [4.69, 9.17) is 9.15 Å². The second-order valence-electron chi connectivity index (χ2n) is 2.30. The molecule has 1 atom stereocenters. The Labute approximate surface area is 66.3 Å². The molecule has 1 aromatic rings. The van der Waals surface area contributed by atoms with Crippen LogP contribution in [0.3, 0.4) is 0 Å². The van der Waals surface area contributed by atoms with Gasteiger partial charge < -0.3 is 14.5 Å². The number of hydrogen-bond donors (Lipinski definition) is 1. The van der Waals surface area contributed by atoms with Gasteiger partial charge in [-0.05, 0) is 19.2 Å². The first-order valence-electron chi connectivity index (χ1n) is 3.59. The highest BCUT2D eigenvalue weighted by atomic mass is 16.5. The van der Waals surface area contributed by atoms with E-state index < -0.39 is 0 Å². The van der Waals surface area contributed by atoms with Gasteiger partial charge in [-0.15, -0.1) is 0 Å². The van der Waals surface area contributed by atoms with Gasteiger partial charge in [-0.25, -0.2) is 0 Å². The first-order valence-corrected chi connectivity index (χ1v) is 3.59. The molecule has 1 unspecified atom stereocenters. The van der Waals surface area contributed by atoms with E-state index in [2.05, 4.69) is 5.32 Å². The molecule has 1 heterocycles. The van der Waals surface area contributed by atoms with Crippen LogP contribution in [0.2, 0.25) is 0 Å². The van der Waals surface area contributed by atoms with Gasteiger partial charge in [0.2, 0.25) is 0 Å². The summed E-state index contributed by atoms with van der Waals surface area (Å²) < 4.78 is 10.4. The molecule has 0 bridgehead atoms. The molecule has 0 fully saturated rings. The third-order valence-electron chi connectivity index (χ3n) is 1.53. The van der Waals surface area contributed by atoms with E-state index in [1.165, 1.54) is 0 Å². The minimum atomic E-state index is 0.0231. The van der Waals surface area contributed by atoms with Crippen molar-refractivity contribution in [3.63, 3.8) is 0 Å². The summed E-state index contributed by atoms with van der Waals surface area (Å²) in [5, 5.41) is 3.02. The molecule has 0 amide bonds. The zero-order valence-corrected chi connectivity index (χ0v) is 6.83. The van der Waals surface area contributed by atoms with Gasteiger partial charge in [0.25, 0.3) is 0 Å². The van der Waals surface area contributed by atoms with Gasteiger partial charge in [0, 0.05) is 13.7 Å². The third kappa shape index (κ3) is 2.06. The van der Waals surface area contributed by atoms with E-state index in [1.807, 2.05) is 19.2 Å². The molecule has 0 aliphatic heterocycles. The molecule has 0 spiro atoms. The fourth-order valence-corrected chi connectivity index (χ4v) is 0.960. The summed E-state index contributed by atoms with van der Waals surface area (Å²) in [6.45, 7) is 0.768. The van der Waals surface area contributed by atoms with Gasteiger partial charge in [0.1, 0.15) is 11.9 Å². The van der Waals surface area contributed by atoms with Crippen molar-refractivity contribution in [2.24, 2.45) is 0 Å². The molecular formula is C8H13NO2. The van der Waals surface area contributed by atoms with Crippen LogP contribution in [0.4, 0.5) is 0 Å². The first-order chi connectivity index (χ1) is 5.38. The second kappa shape index (κ2) is 4.16. The standard InChI is InChI=1S/C8H13NO2/c1-9-6-8(10-2)7-4-3-5-11-7/h3-5,8-9H,6H2,1-2H3. The number of methoxy groups -OCH3 is 1. The Morgan fingerprint density at radius 2 is 2.55 bits per heavy atom. The molecule has 1 N–H and O–H groups in total. The van der Waals surface area contributed by atoms with Crippen LogP contribution in [0.25, 0.3) is 0 Å². The number of rotatable bonds is 4. The maximum absolute atomic E-state index is 5.18. The minimum Gasteiger partial charge on any atom is -0.467 e. The lowest BCUT2D eigenvalue weighted by Gasteiger charge is -2.10. The van der Waals surface area contributed by atoms with Crippen molar-refractivity contribution in [2.45, 2.75) is 6.10 Å². The molecule has 0 radical (unpaired) electrons. The third-order valence-corrected chi connectivity index (χ3v) is 1.53. The fourth-order valence-electron chi connectivity index (χ4n) is 0.960. The number of likely N-dealkylation sites (N-methyl/N-ethyl adjacent to an activating group) is 1. The molecule has 3 heteroatoms. The minimum absolute atomic E-state index is 0.0231. The van der Waals surface area contributed by atoms with Crippen LogP contribution in [0.1, 0.15) is 11.9 Å². The highest BCUT2D eigenvalue weighted by molar-refractivity contribution is 5.02. The van der Waals surface area contributed by atoms with Crippen LogP contribution in [0.5, 0.6) is 0 Å². The molecule has 0 saturated carbocycles. The quantitative estimate of drug-likeness (QED) is 0.709. The van der Waals surface area contributed by atoms with Crippen LogP contribution in [0.15, 0.2) is 22.8 Å². The van der Waals surface area contributed by atoms with Crippen molar-refractivity contribution in [1.82, 2.24) is 5.32 Å². The summed E-state index contributed by atoms with van der Waals surface area (Å²) in [5.74, 6) is 0.863. The van der Waals surface area contributed by atoms with Crippen LogP contribution in [-0.2, 0) is 4.74 Å². The zero-order valence-electron chi connectivity index (χ0n) is 6.83. The summed E-state index contributed by atoms with van der Waals surface area (Å²) in [6.07, 6.45) is 1.67. The molecule has 0 aromatic carbocycles. The lowest BCUT2D eigenvalue weighted by Crippen LogP contribution is -2.17. The smallest absolute Gasteiger partial charge is 0.133 e. The Balaban J connectivity index is 2.56. The highest BCUT2D eigenvalue weighted by Crippen LogP contribution is 2.15. The van der Waals surface area contributed by atoms with Gasteiger partial charge in [-0.2, -0.15) is 0 Å². The lowest BCUT2D eigenvalue weighted by molar-refractivity contribution is 0.0850. The van der Waals surface area contributed by atoms with Gasteiger partial charge in [-0.1, -0.05) is 0 Å². The van der Waals surface area contributed by atoms with Crippen LogP contribution in [-0.4, -0.2) is 20.7 Å². The van der Waals surface area contributed by atoms with E-state index in [0.29, 0.717) is 0 Å². The molecule has 62 valence electrons. The summed E-state index contributed by atoms with van der Waals surface area (Å²) in [4.78, 5) is 0. The van der Waals surface area contributed by atoms with E-state index in [-0.39, 0.29) is 6.10 Å². The molecule has 0 aliphatic rings. The zero-order chi connectivity index (χ0) is 8.10. The summed E-state index contributed by atoms with van der Waals surface area (Å²) in [7, 11) is 3.56. The molecule has 1 aromatic heterocycles. The Morgan fingerprint density at radius 3 is 3.00 bits per heavy atom. The van der Waals surface area contributed by atoms with E-state index in [0.717, 1.165) is 12.3 Å². The van der Waals surface area contributed by atoms with Gasteiger partial charge >= 0.3 is 0 Å². The lowest BCUT2D eigenvalue weighted by atomic mass is 10.3. The van der Waals surface area contributed by atoms with Gasteiger partial charge in [-0.3, -0.25) is 0 Å². The molecule has 0 saturated heterocycles. The van der Waals surface area contributed by atoms with Crippen LogP contribution >= 0.6 is 0 Å². The number of furan rings is 1. The number of hydrogen-bond acceptors (Lipinski definition) is 3. The predicted molar refractivity (Wildman–Crippen MR) is 42.4 cm³/mol. The Bertz CT molecular complexity index is 184. The van der Waals surface area contributed by atoms with Crippen molar-refractivity contribution in [3.05, 3.63) is 24.2 Å². The summed E-state index contributed by atoms with van der Waals surface area (Å²) >= 11 is 0. The maximum Gasteiger partial charge on any atom is 0.133 e. The maximum atomic E-state index is 5.18. The molecular weight excluding hydrogens is 142 g/mol. The fraction of sp³-hybridized carbons (Fsp3) is 0.500.